The van der Waals surface area contributed by atoms with Gasteiger partial charge in [-0.05, 0) is 37.6 Å². The molecule has 8 heteroatoms. The molecule has 1 aromatic heterocycles. The molecule has 1 aliphatic heterocycles. The number of carboxylic acid groups (broad SMARTS) is 1. The Hall–Kier alpha value is -2.12. The van der Waals surface area contributed by atoms with Crippen molar-refractivity contribution in [2.75, 3.05) is 13.1 Å². The van der Waals surface area contributed by atoms with Gasteiger partial charge in [0.15, 0.2) is 5.69 Å². The third-order valence-corrected chi connectivity index (χ3v) is 5.63. The molecule has 2 heterocycles. The molecule has 2 aromatic rings. The first kappa shape index (κ1) is 17.7. The van der Waals surface area contributed by atoms with E-state index in [9.17, 15) is 14.7 Å². The van der Waals surface area contributed by atoms with Crippen LogP contribution in [0, 0.1) is 5.41 Å². The molecule has 0 bridgehead atoms. The molecule has 1 N–H and O–H groups in total. The van der Waals surface area contributed by atoms with Crippen molar-refractivity contribution in [3.8, 4) is 0 Å². The second kappa shape index (κ2) is 7.01. The predicted molar refractivity (Wildman–Crippen MR) is 93.9 cm³/mol. The highest BCUT2D eigenvalue weighted by atomic mass is 35.5. The van der Waals surface area contributed by atoms with Gasteiger partial charge in [0.05, 0.1) is 10.4 Å². The quantitative estimate of drug-likeness (QED) is 0.880. The highest BCUT2D eigenvalue weighted by Crippen LogP contribution is 2.32. The first-order valence-electron chi connectivity index (χ1n) is 7.68. The number of benzene rings is 1. The molecule has 0 spiro atoms. The maximum absolute atomic E-state index is 12.5. The Kier molecular flexibility index (Phi) is 4.96. The molecular formula is C17H16ClN3O3S. The molecule has 1 unspecified atom stereocenters. The number of rotatable bonds is 4. The summed E-state index contributed by atoms with van der Waals surface area (Å²) in [5.74, 6) is -1.19. The fraction of sp³-hybridized carbons (Fsp3) is 0.294. The maximum atomic E-state index is 12.5. The van der Waals surface area contributed by atoms with Crippen molar-refractivity contribution in [1.82, 2.24) is 15.1 Å². The predicted octanol–water partition coefficient (Wildman–Crippen LogP) is 3.22. The summed E-state index contributed by atoms with van der Waals surface area (Å²) < 4.78 is 0. The lowest BCUT2D eigenvalue weighted by Gasteiger charge is -2.19. The molecule has 25 heavy (non-hydrogen) atoms. The van der Waals surface area contributed by atoms with Crippen LogP contribution in [0.1, 0.15) is 23.8 Å². The van der Waals surface area contributed by atoms with Crippen LogP contribution in [-0.4, -0.2) is 45.2 Å². The van der Waals surface area contributed by atoms with Crippen LogP contribution in [0.2, 0.25) is 5.02 Å². The monoisotopic (exact) mass is 377 g/mol. The minimum Gasteiger partial charge on any atom is -0.481 e. The second-order valence-corrected chi connectivity index (χ2v) is 7.60. The van der Waals surface area contributed by atoms with E-state index in [0.717, 1.165) is 4.90 Å². The maximum Gasteiger partial charge on any atom is 0.311 e. The van der Waals surface area contributed by atoms with Crippen LogP contribution < -0.4 is 0 Å². The van der Waals surface area contributed by atoms with Crippen LogP contribution in [0.5, 0.6) is 0 Å². The van der Waals surface area contributed by atoms with Gasteiger partial charge in [-0.15, -0.1) is 10.2 Å². The van der Waals surface area contributed by atoms with Crippen LogP contribution in [0.15, 0.2) is 46.3 Å². The van der Waals surface area contributed by atoms with Crippen molar-refractivity contribution in [3.63, 3.8) is 0 Å². The van der Waals surface area contributed by atoms with Crippen LogP contribution in [0.25, 0.3) is 0 Å². The van der Waals surface area contributed by atoms with E-state index in [-0.39, 0.29) is 18.1 Å². The third kappa shape index (κ3) is 3.77. The van der Waals surface area contributed by atoms with E-state index in [0.29, 0.717) is 23.0 Å². The van der Waals surface area contributed by atoms with Crippen LogP contribution in [0.4, 0.5) is 0 Å². The molecule has 130 valence electrons. The zero-order valence-electron chi connectivity index (χ0n) is 13.5. The lowest BCUT2D eigenvalue weighted by molar-refractivity contribution is -0.147. The minimum atomic E-state index is -0.900. The summed E-state index contributed by atoms with van der Waals surface area (Å²) in [7, 11) is 0. The van der Waals surface area contributed by atoms with Gasteiger partial charge in [0.25, 0.3) is 5.91 Å². The Labute approximate surface area is 154 Å². The fourth-order valence-electron chi connectivity index (χ4n) is 2.60. The average molecular weight is 378 g/mol. The highest BCUT2D eigenvalue weighted by Gasteiger charge is 2.42. The van der Waals surface area contributed by atoms with E-state index < -0.39 is 11.4 Å². The van der Waals surface area contributed by atoms with Gasteiger partial charge in [-0.1, -0.05) is 35.5 Å². The zero-order valence-corrected chi connectivity index (χ0v) is 15.0. The van der Waals surface area contributed by atoms with Gasteiger partial charge in [-0.25, -0.2) is 0 Å². The van der Waals surface area contributed by atoms with E-state index in [2.05, 4.69) is 10.2 Å². The van der Waals surface area contributed by atoms with Crippen molar-refractivity contribution >= 4 is 35.2 Å². The summed E-state index contributed by atoms with van der Waals surface area (Å²) in [5.41, 5.74) is -0.693. The summed E-state index contributed by atoms with van der Waals surface area (Å²) in [5, 5.41) is 18.6. The lowest BCUT2D eigenvalue weighted by atomic mass is 9.90. The molecule has 1 aromatic carbocycles. The minimum absolute atomic E-state index is 0.180. The Bertz CT molecular complexity index is 815. The van der Waals surface area contributed by atoms with Crippen molar-refractivity contribution in [2.24, 2.45) is 5.41 Å². The zero-order chi connectivity index (χ0) is 18.0. The number of hydrogen-bond acceptors (Lipinski definition) is 5. The number of halogens is 1. The summed E-state index contributed by atoms with van der Waals surface area (Å²) >= 11 is 7.48. The SMILES string of the molecule is CC1(C(=O)O)CCN(C(=O)c2ccc(Sc3ccccc3Cl)nn2)C1. The molecule has 6 nitrogen and oxygen atoms in total. The van der Waals surface area contributed by atoms with E-state index in [4.69, 9.17) is 11.6 Å². The van der Waals surface area contributed by atoms with Gasteiger partial charge in [-0.2, -0.15) is 0 Å². The number of nitrogens with zero attached hydrogens (tertiary/aromatic N) is 3. The van der Waals surface area contributed by atoms with E-state index in [1.54, 1.807) is 25.1 Å². The molecule has 1 saturated heterocycles. The van der Waals surface area contributed by atoms with Crippen molar-refractivity contribution in [3.05, 3.63) is 47.1 Å². The van der Waals surface area contributed by atoms with Crippen LogP contribution in [0.3, 0.4) is 0 Å². The first-order chi connectivity index (χ1) is 11.9. The Morgan fingerprint density at radius 3 is 2.60 bits per heavy atom. The van der Waals surface area contributed by atoms with Crippen LogP contribution >= 0.6 is 23.4 Å². The van der Waals surface area contributed by atoms with E-state index >= 15 is 0 Å². The van der Waals surface area contributed by atoms with Crippen molar-refractivity contribution in [2.45, 2.75) is 23.3 Å². The summed E-state index contributed by atoms with van der Waals surface area (Å²) in [4.78, 5) is 26.1. The van der Waals surface area contributed by atoms with Gasteiger partial charge in [0.1, 0.15) is 5.03 Å². The van der Waals surface area contributed by atoms with Gasteiger partial charge >= 0.3 is 5.97 Å². The van der Waals surface area contributed by atoms with E-state index in [1.807, 2.05) is 18.2 Å². The number of carbonyl (C=O) groups is 2. The van der Waals surface area contributed by atoms with Crippen LogP contribution in [-0.2, 0) is 4.79 Å². The molecule has 0 saturated carbocycles. The van der Waals surface area contributed by atoms with Gasteiger partial charge in [0, 0.05) is 18.0 Å². The molecule has 1 aliphatic rings. The summed E-state index contributed by atoms with van der Waals surface area (Å²) in [6, 6.07) is 10.7. The smallest absolute Gasteiger partial charge is 0.311 e. The number of carboxylic acids is 1. The largest absolute Gasteiger partial charge is 0.481 e. The number of amides is 1. The second-order valence-electron chi connectivity index (χ2n) is 6.13. The normalized spacial score (nSPS) is 19.8. The molecule has 1 amide bonds. The summed E-state index contributed by atoms with van der Waals surface area (Å²) in [6.45, 7) is 2.23. The number of aliphatic carboxylic acids is 1. The molecule has 1 atom stereocenters. The van der Waals surface area contributed by atoms with Gasteiger partial charge in [0.2, 0.25) is 0 Å². The lowest BCUT2D eigenvalue weighted by Crippen LogP contribution is -2.35. The number of likely N-dealkylation sites (tertiary alicyclic amines) is 1. The number of carbonyl (C=O) groups excluding carboxylic acids is 1. The van der Waals surface area contributed by atoms with Gasteiger partial charge in [-0.3, -0.25) is 9.59 Å². The Morgan fingerprint density at radius 1 is 1.24 bits per heavy atom. The third-order valence-electron chi connectivity index (χ3n) is 4.19. The molecule has 3 rings (SSSR count). The molecule has 1 fully saturated rings. The average Bonchev–Trinajstić information content (AvgIpc) is 3.01. The number of hydrogen-bond donors (Lipinski definition) is 1. The van der Waals surface area contributed by atoms with E-state index in [1.165, 1.54) is 16.7 Å². The highest BCUT2D eigenvalue weighted by molar-refractivity contribution is 7.99. The Balaban J connectivity index is 1.69. The molecule has 0 aliphatic carbocycles. The van der Waals surface area contributed by atoms with Gasteiger partial charge < -0.3 is 10.0 Å². The van der Waals surface area contributed by atoms with Crippen molar-refractivity contribution in [1.29, 1.82) is 0 Å². The fourth-order valence-corrected chi connectivity index (χ4v) is 3.61. The van der Waals surface area contributed by atoms with Crippen molar-refractivity contribution < 1.29 is 14.7 Å². The molecular weight excluding hydrogens is 362 g/mol. The number of aromatic nitrogens is 2. The standard InChI is InChI=1S/C17H16ClN3O3S/c1-17(16(23)24)8-9-21(10-17)15(22)12-6-7-14(20-19-12)25-13-5-3-2-4-11(13)18/h2-7H,8-10H2,1H3,(H,23,24). The first-order valence-corrected chi connectivity index (χ1v) is 8.87. The molecule has 0 radical (unpaired) electrons. The Morgan fingerprint density at radius 2 is 2.00 bits per heavy atom. The summed E-state index contributed by atoms with van der Waals surface area (Å²) in [6.07, 6.45) is 0.432. The topological polar surface area (TPSA) is 83.4 Å².